The molecular formula is C22H25N3O3S. The van der Waals surface area contributed by atoms with E-state index in [1.165, 1.54) is 4.90 Å². The zero-order valence-corrected chi connectivity index (χ0v) is 17.7. The van der Waals surface area contributed by atoms with Gasteiger partial charge in [-0.1, -0.05) is 24.3 Å². The Morgan fingerprint density at radius 1 is 1.07 bits per heavy atom. The van der Waals surface area contributed by atoms with E-state index in [1.807, 2.05) is 48.5 Å². The van der Waals surface area contributed by atoms with Crippen LogP contribution in [-0.4, -0.2) is 42.9 Å². The molecule has 2 aromatic carbocycles. The fraction of sp³-hybridized carbons (Fsp3) is 0.273. The second kappa shape index (κ2) is 9.52. The molecule has 0 atom stereocenters. The predicted molar refractivity (Wildman–Crippen MR) is 119 cm³/mol. The molecule has 1 saturated heterocycles. The van der Waals surface area contributed by atoms with Gasteiger partial charge in [-0.25, -0.2) is 0 Å². The normalized spacial score (nSPS) is 15.1. The monoisotopic (exact) mass is 411 g/mol. The maximum absolute atomic E-state index is 12.7. The lowest BCUT2D eigenvalue weighted by Crippen LogP contribution is -2.33. The highest BCUT2D eigenvalue weighted by molar-refractivity contribution is 8.18. The van der Waals surface area contributed by atoms with E-state index >= 15 is 0 Å². The Morgan fingerprint density at radius 2 is 1.76 bits per heavy atom. The first-order chi connectivity index (χ1) is 14.1. The van der Waals surface area contributed by atoms with Gasteiger partial charge in [-0.05, 0) is 61.5 Å². The minimum atomic E-state index is -0.296. The molecule has 7 heteroatoms. The molecule has 1 N–H and O–H groups in total. The van der Waals surface area contributed by atoms with Crippen LogP contribution in [0.15, 0.2) is 53.4 Å². The van der Waals surface area contributed by atoms with Gasteiger partial charge in [0.05, 0.1) is 24.4 Å². The van der Waals surface area contributed by atoms with Gasteiger partial charge in [-0.15, -0.1) is 0 Å². The van der Waals surface area contributed by atoms with E-state index in [4.69, 9.17) is 4.74 Å². The van der Waals surface area contributed by atoms with Crippen LogP contribution in [0.5, 0.6) is 5.75 Å². The van der Waals surface area contributed by atoms with Crippen LogP contribution >= 0.6 is 11.8 Å². The Morgan fingerprint density at radius 3 is 2.41 bits per heavy atom. The largest absolute Gasteiger partial charge is 0.495 e. The molecule has 0 aliphatic carbocycles. The SMILES string of the molecule is CCN(CC)c1ccc(C=C2SC(=O)N(CNc3ccccc3OC)C2=O)cc1. The molecule has 0 unspecified atom stereocenters. The number of rotatable bonds is 8. The highest BCUT2D eigenvalue weighted by atomic mass is 32.2. The Bertz CT molecular complexity index is 908. The molecule has 0 bridgehead atoms. The summed E-state index contributed by atoms with van der Waals surface area (Å²) >= 11 is 0.958. The van der Waals surface area contributed by atoms with Gasteiger partial charge < -0.3 is 15.0 Å². The average molecular weight is 412 g/mol. The van der Waals surface area contributed by atoms with Crippen LogP contribution in [0, 0.1) is 0 Å². The fourth-order valence-electron chi connectivity index (χ4n) is 3.11. The Labute approximate surface area is 175 Å². The van der Waals surface area contributed by atoms with Crippen molar-refractivity contribution < 1.29 is 14.3 Å². The number of nitrogens with zero attached hydrogens (tertiary/aromatic N) is 2. The highest BCUT2D eigenvalue weighted by Crippen LogP contribution is 2.33. The summed E-state index contributed by atoms with van der Waals surface area (Å²) in [4.78, 5) is 28.9. The summed E-state index contributed by atoms with van der Waals surface area (Å²) in [6.45, 7) is 6.20. The lowest BCUT2D eigenvalue weighted by Gasteiger charge is -2.20. The molecule has 152 valence electrons. The molecule has 0 aromatic heterocycles. The number of hydrogen-bond acceptors (Lipinski definition) is 6. The third kappa shape index (κ3) is 4.74. The van der Waals surface area contributed by atoms with Crippen molar-refractivity contribution in [1.82, 2.24) is 4.90 Å². The van der Waals surface area contributed by atoms with Gasteiger partial charge in [0.15, 0.2) is 0 Å². The number of anilines is 2. The number of methoxy groups -OCH3 is 1. The van der Waals surface area contributed by atoms with Crippen molar-refractivity contribution in [1.29, 1.82) is 0 Å². The zero-order chi connectivity index (χ0) is 20.8. The number of carbonyl (C=O) groups excluding carboxylic acids is 2. The van der Waals surface area contributed by atoms with Crippen molar-refractivity contribution in [3.8, 4) is 5.75 Å². The summed E-state index contributed by atoms with van der Waals surface area (Å²) in [5.74, 6) is 0.360. The van der Waals surface area contributed by atoms with Gasteiger partial charge in [0.1, 0.15) is 5.75 Å². The van der Waals surface area contributed by atoms with E-state index in [0.29, 0.717) is 10.7 Å². The van der Waals surface area contributed by atoms with Gasteiger partial charge in [-0.2, -0.15) is 0 Å². The van der Waals surface area contributed by atoms with E-state index in [1.54, 1.807) is 13.2 Å². The number of nitrogens with one attached hydrogen (secondary N) is 1. The molecule has 6 nitrogen and oxygen atoms in total. The van der Waals surface area contributed by atoms with Crippen LogP contribution in [0.3, 0.4) is 0 Å². The molecule has 29 heavy (non-hydrogen) atoms. The van der Waals surface area contributed by atoms with Crippen molar-refractivity contribution in [2.24, 2.45) is 0 Å². The molecule has 1 aliphatic heterocycles. The first kappa shape index (κ1) is 20.8. The zero-order valence-electron chi connectivity index (χ0n) is 16.8. The second-order valence-electron chi connectivity index (χ2n) is 6.41. The molecule has 1 aliphatic rings. The highest BCUT2D eigenvalue weighted by Gasteiger charge is 2.34. The summed E-state index contributed by atoms with van der Waals surface area (Å²) in [5.41, 5.74) is 2.76. The number of thioether (sulfide) groups is 1. The molecule has 0 saturated carbocycles. The average Bonchev–Trinajstić information content (AvgIpc) is 3.01. The Balaban J connectivity index is 1.69. The summed E-state index contributed by atoms with van der Waals surface area (Å²) in [5, 5.41) is 2.81. The lowest BCUT2D eigenvalue weighted by atomic mass is 10.1. The summed E-state index contributed by atoms with van der Waals surface area (Å²) in [6, 6.07) is 15.4. The number of benzene rings is 2. The van der Waals surface area contributed by atoms with Gasteiger partial charge in [0.25, 0.3) is 11.1 Å². The number of ether oxygens (including phenoxy) is 1. The Kier molecular flexibility index (Phi) is 6.82. The minimum absolute atomic E-state index is 0.0866. The van der Waals surface area contributed by atoms with Crippen LogP contribution in [0.1, 0.15) is 19.4 Å². The second-order valence-corrected chi connectivity index (χ2v) is 7.40. The maximum Gasteiger partial charge on any atom is 0.295 e. The van der Waals surface area contributed by atoms with Crippen molar-refractivity contribution in [3.63, 3.8) is 0 Å². The van der Waals surface area contributed by atoms with Crippen molar-refractivity contribution in [2.45, 2.75) is 13.8 Å². The van der Waals surface area contributed by atoms with Crippen LogP contribution in [0.2, 0.25) is 0 Å². The third-order valence-electron chi connectivity index (χ3n) is 4.73. The topological polar surface area (TPSA) is 61.9 Å². The number of hydrogen-bond donors (Lipinski definition) is 1. The summed E-state index contributed by atoms with van der Waals surface area (Å²) in [7, 11) is 1.58. The summed E-state index contributed by atoms with van der Waals surface area (Å²) in [6.07, 6.45) is 1.76. The van der Waals surface area contributed by atoms with Crippen LogP contribution in [-0.2, 0) is 4.79 Å². The number of amides is 2. The van der Waals surface area contributed by atoms with Crippen LogP contribution in [0.25, 0.3) is 6.08 Å². The minimum Gasteiger partial charge on any atom is -0.495 e. The number of carbonyl (C=O) groups is 2. The quantitative estimate of drug-likeness (QED) is 0.638. The van der Waals surface area contributed by atoms with E-state index < -0.39 is 0 Å². The molecule has 0 radical (unpaired) electrons. The van der Waals surface area contributed by atoms with Crippen molar-refractivity contribution in [2.75, 3.05) is 37.1 Å². The smallest absolute Gasteiger partial charge is 0.295 e. The van der Waals surface area contributed by atoms with E-state index in [2.05, 4.69) is 24.1 Å². The predicted octanol–water partition coefficient (Wildman–Crippen LogP) is 4.65. The van der Waals surface area contributed by atoms with E-state index in [-0.39, 0.29) is 17.8 Å². The number of imide groups is 1. The van der Waals surface area contributed by atoms with Crippen molar-refractivity contribution >= 4 is 40.4 Å². The van der Waals surface area contributed by atoms with Gasteiger partial charge in [0, 0.05) is 18.8 Å². The van der Waals surface area contributed by atoms with Gasteiger partial charge in [0.2, 0.25) is 0 Å². The molecule has 3 rings (SSSR count). The molecule has 1 heterocycles. The standard InChI is InChI=1S/C22H25N3O3S/c1-4-24(5-2)17-12-10-16(11-13-17)14-20-21(26)25(22(27)29-20)15-23-18-8-6-7-9-19(18)28-3/h6-14,23H,4-5,15H2,1-3H3. The fourth-order valence-corrected chi connectivity index (χ4v) is 3.95. The number of para-hydroxylation sites is 2. The van der Waals surface area contributed by atoms with E-state index in [0.717, 1.165) is 41.8 Å². The molecular weight excluding hydrogens is 386 g/mol. The molecule has 0 spiro atoms. The van der Waals surface area contributed by atoms with Crippen LogP contribution in [0.4, 0.5) is 16.2 Å². The maximum atomic E-state index is 12.7. The first-order valence-corrected chi connectivity index (χ1v) is 10.4. The van der Waals surface area contributed by atoms with Crippen LogP contribution < -0.4 is 15.0 Å². The van der Waals surface area contributed by atoms with Crippen molar-refractivity contribution in [3.05, 3.63) is 59.0 Å². The summed E-state index contributed by atoms with van der Waals surface area (Å²) < 4.78 is 5.29. The lowest BCUT2D eigenvalue weighted by molar-refractivity contribution is -0.122. The van der Waals surface area contributed by atoms with Gasteiger partial charge >= 0.3 is 0 Å². The first-order valence-electron chi connectivity index (χ1n) is 9.54. The van der Waals surface area contributed by atoms with E-state index in [9.17, 15) is 9.59 Å². The van der Waals surface area contributed by atoms with Gasteiger partial charge in [-0.3, -0.25) is 14.5 Å². The third-order valence-corrected chi connectivity index (χ3v) is 5.64. The molecule has 1 fully saturated rings. The molecule has 2 amide bonds. The molecule has 2 aromatic rings. The Hall–Kier alpha value is -2.93.